The van der Waals surface area contributed by atoms with E-state index in [9.17, 15) is 9.18 Å². The number of nitrogen functional groups attached to an aromatic ring is 1. The fraction of sp³-hybridized carbons (Fsp3) is 0.105. The first-order chi connectivity index (χ1) is 13.1. The van der Waals surface area contributed by atoms with Crippen LogP contribution in [-0.4, -0.2) is 15.9 Å². The van der Waals surface area contributed by atoms with Crippen molar-refractivity contribution < 1.29 is 9.18 Å². The summed E-state index contributed by atoms with van der Waals surface area (Å²) in [4.78, 5) is 20.3. The molecule has 1 aromatic heterocycles. The molecule has 0 fully saturated rings. The van der Waals surface area contributed by atoms with Crippen molar-refractivity contribution in [2.75, 3.05) is 16.5 Å². The third-order valence-electron chi connectivity index (χ3n) is 3.95. The van der Waals surface area contributed by atoms with Crippen LogP contribution in [0.5, 0.6) is 0 Å². The zero-order valence-corrected chi connectivity index (χ0v) is 14.7. The number of amides is 1. The Morgan fingerprint density at radius 2 is 1.78 bits per heavy atom. The Labute approximate surface area is 155 Å². The number of rotatable bonds is 6. The van der Waals surface area contributed by atoms with Gasteiger partial charge in [0.2, 0.25) is 0 Å². The van der Waals surface area contributed by atoms with E-state index in [1.165, 1.54) is 24.5 Å². The van der Waals surface area contributed by atoms with Crippen molar-refractivity contribution >= 4 is 28.9 Å². The van der Waals surface area contributed by atoms with E-state index in [0.29, 0.717) is 5.82 Å². The van der Waals surface area contributed by atoms with Gasteiger partial charge < -0.3 is 11.1 Å². The van der Waals surface area contributed by atoms with Crippen LogP contribution in [0, 0.1) is 5.82 Å². The summed E-state index contributed by atoms with van der Waals surface area (Å²) >= 11 is 0. The average Bonchev–Trinajstić information content (AvgIpc) is 2.69. The maximum Gasteiger partial charge on any atom is 0.272 e. The topological polar surface area (TPSA) is 105 Å². The molecule has 3 aromatic rings. The minimum atomic E-state index is -0.642. The number of nitrogens with two attached hydrogens (primary N) is 1. The maximum atomic E-state index is 13.7. The van der Waals surface area contributed by atoms with Crippen molar-refractivity contribution in [1.82, 2.24) is 15.4 Å². The lowest BCUT2D eigenvalue weighted by atomic mass is 10.1. The molecule has 1 amide bonds. The Bertz CT molecular complexity index is 962. The van der Waals surface area contributed by atoms with Crippen LogP contribution in [0.1, 0.15) is 22.8 Å². The van der Waals surface area contributed by atoms with E-state index in [4.69, 9.17) is 5.73 Å². The first-order valence-corrected chi connectivity index (χ1v) is 8.36. The van der Waals surface area contributed by atoms with Crippen molar-refractivity contribution in [3.05, 3.63) is 71.8 Å². The zero-order valence-electron chi connectivity index (χ0n) is 14.7. The lowest BCUT2D eigenvalue weighted by molar-refractivity contribution is 0.0958. The molecule has 0 atom stereocenters. The predicted molar refractivity (Wildman–Crippen MR) is 103 cm³/mol. The molecule has 0 aliphatic carbocycles. The summed E-state index contributed by atoms with van der Waals surface area (Å²) in [6, 6.07) is 13.5. The number of nitrogens with one attached hydrogen (secondary N) is 3. The van der Waals surface area contributed by atoms with Crippen LogP contribution in [0.15, 0.2) is 54.9 Å². The quantitative estimate of drug-likeness (QED) is 0.499. The predicted octanol–water partition coefficient (Wildman–Crippen LogP) is 3.26. The Balaban J connectivity index is 1.75. The van der Waals surface area contributed by atoms with Crippen LogP contribution < -0.4 is 21.9 Å². The Hall–Kier alpha value is -3.68. The second-order valence-corrected chi connectivity index (χ2v) is 5.68. The summed E-state index contributed by atoms with van der Waals surface area (Å²) in [6.45, 7) is 2.05. The SMILES string of the molecule is CCc1ccccc1Nc1ncnc(NNC(=O)c2ccccc2F)c1N. The number of hydrogen-bond donors (Lipinski definition) is 4. The van der Waals surface area contributed by atoms with Gasteiger partial charge in [-0.1, -0.05) is 37.3 Å². The fourth-order valence-corrected chi connectivity index (χ4v) is 2.50. The standard InChI is InChI=1S/C19H19FN6O/c1-2-12-7-3-6-10-15(12)24-17-16(21)18(23-11-22-17)25-26-19(27)13-8-4-5-9-14(13)20/h3-11H,2,21H2,1H3,(H,26,27)(H2,22,23,24,25). The number of nitrogens with zero attached hydrogens (tertiary/aromatic N) is 2. The van der Waals surface area contributed by atoms with E-state index in [0.717, 1.165) is 17.7 Å². The van der Waals surface area contributed by atoms with Gasteiger partial charge in [0.25, 0.3) is 5.91 Å². The van der Waals surface area contributed by atoms with Gasteiger partial charge in [-0.3, -0.25) is 15.6 Å². The molecule has 0 radical (unpaired) electrons. The van der Waals surface area contributed by atoms with Crippen LogP contribution in [0.4, 0.5) is 27.4 Å². The van der Waals surface area contributed by atoms with Crippen LogP contribution in [0.25, 0.3) is 0 Å². The van der Waals surface area contributed by atoms with Gasteiger partial charge in [-0.25, -0.2) is 14.4 Å². The minimum absolute atomic E-state index is 0.0900. The number of carbonyl (C=O) groups excluding carboxylic acids is 1. The summed E-state index contributed by atoms with van der Waals surface area (Å²) in [5.74, 6) is -0.664. The molecule has 8 heteroatoms. The first-order valence-electron chi connectivity index (χ1n) is 8.36. The molecule has 3 rings (SSSR count). The van der Waals surface area contributed by atoms with Gasteiger partial charge >= 0.3 is 0 Å². The molecule has 138 valence electrons. The fourth-order valence-electron chi connectivity index (χ4n) is 2.50. The number of halogens is 1. The van der Waals surface area contributed by atoms with Crippen LogP contribution >= 0.6 is 0 Å². The largest absolute Gasteiger partial charge is 0.393 e. The highest BCUT2D eigenvalue weighted by molar-refractivity contribution is 5.95. The first kappa shape index (κ1) is 18.1. The van der Waals surface area contributed by atoms with Crippen molar-refractivity contribution in [2.45, 2.75) is 13.3 Å². The van der Waals surface area contributed by atoms with Gasteiger partial charge in [-0.2, -0.15) is 0 Å². The van der Waals surface area contributed by atoms with Gasteiger partial charge in [0.1, 0.15) is 17.8 Å². The number of anilines is 4. The number of benzene rings is 2. The summed E-state index contributed by atoms with van der Waals surface area (Å²) in [5, 5.41) is 3.17. The summed E-state index contributed by atoms with van der Waals surface area (Å²) in [6.07, 6.45) is 2.16. The van der Waals surface area contributed by atoms with Crippen molar-refractivity contribution in [1.29, 1.82) is 0 Å². The van der Waals surface area contributed by atoms with E-state index in [2.05, 4.69) is 33.1 Å². The van der Waals surface area contributed by atoms with Crippen molar-refractivity contribution in [3.63, 3.8) is 0 Å². The van der Waals surface area contributed by atoms with Crippen molar-refractivity contribution in [2.24, 2.45) is 0 Å². The van der Waals surface area contributed by atoms with Crippen LogP contribution in [0.2, 0.25) is 0 Å². The summed E-state index contributed by atoms with van der Waals surface area (Å²) < 4.78 is 13.7. The lowest BCUT2D eigenvalue weighted by Gasteiger charge is -2.15. The van der Waals surface area contributed by atoms with Gasteiger partial charge in [0.15, 0.2) is 11.6 Å². The van der Waals surface area contributed by atoms with Crippen LogP contribution in [-0.2, 0) is 6.42 Å². The highest BCUT2D eigenvalue weighted by Gasteiger charge is 2.13. The lowest BCUT2D eigenvalue weighted by Crippen LogP contribution is -2.31. The molecule has 7 nitrogen and oxygen atoms in total. The third kappa shape index (κ3) is 4.12. The molecule has 0 saturated carbocycles. The Kier molecular flexibility index (Phi) is 5.46. The smallest absolute Gasteiger partial charge is 0.272 e. The van der Waals surface area contributed by atoms with Gasteiger partial charge in [0, 0.05) is 5.69 Å². The van der Waals surface area contributed by atoms with E-state index >= 15 is 0 Å². The van der Waals surface area contributed by atoms with E-state index in [-0.39, 0.29) is 17.1 Å². The molecule has 27 heavy (non-hydrogen) atoms. The highest BCUT2D eigenvalue weighted by Crippen LogP contribution is 2.27. The van der Waals surface area contributed by atoms with E-state index in [1.807, 2.05) is 24.3 Å². The second-order valence-electron chi connectivity index (χ2n) is 5.68. The summed E-state index contributed by atoms with van der Waals surface area (Å²) in [5.41, 5.74) is 13.2. The maximum absolute atomic E-state index is 13.7. The molecule has 0 aliphatic heterocycles. The Morgan fingerprint density at radius 3 is 2.56 bits per heavy atom. The number of aromatic nitrogens is 2. The Morgan fingerprint density at radius 1 is 1.07 bits per heavy atom. The van der Waals surface area contributed by atoms with Gasteiger partial charge in [0.05, 0.1) is 5.56 Å². The van der Waals surface area contributed by atoms with E-state index in [1.54, 1.807) is 6.07 Å². The molecule has 1 heterocycles. The molecule has 2 aromatic carbocycles. The number of hydrazine groups is 1. The average molecular weight is 366 g/mol. The highest BCUT2D eigenvalue weighted by atomic mass is 19.1. The second kappa shape index (κ2) is 8.13. The van der Waals surface area contributed by atoms with Gasteiger partial charge in [-0.15, -0.1) is 0 Å². The number of para-hydroxylation sites is 1. The molecule has 0 spiro atoms. The molecule has 0 aliphatic rings. The molecule has 5 N–H and O–H groups in total. The molecule has 0 bridgehead atoms. The monoisotopic (exact) mass is 366 g/mol. The number of aryl methyl sites for hydroxylation is 1. The van der Waals surface area contributed by atoms with Crippen molar-refractivity contribution in [3.8, 4) is 0 Å². The normalized spacial score (nSPS) is 10.3. The number of hydrogen-bond acceptors (Lipinski definition) is 6. The molecule has 0 unspecified atom stereocenters. The third-order valence-corrected chi connectivity index (χ3v) is 3.95. The number of carbonyl (C=O) groups is 1. The molecule has 0 saturated heterocycles. The summed E-state index contributed by atoms with van der Waals surface area (Å²) in [7, 11) is 0. The molecular weight excluding hydrogens is 347 g/mol. The van der Waals surface area contributed by atoms with E-state index < -0.39 is 11.7 Å². The zero-order chi connectivity index (χ0) is 19.2. The minimum Gasteiger partial charge on any atom is -0.393 e. The molecular formula is C19H19FN6O. The van der Waals surface area contributed by atoms with Gasteiger partial charge in [-0.05, 0) is 30.2 Å². The van der Waals surface area contributed by atoms with Crippen LogP contribution in [0.3, 0.4) is 0 Å².